The molecule has 4 atom stereocenters. The maximum atomic E-state index is 14.6. The van der Waals surface area contributed by atoms with E-state index < -0.39 is 41.3 Å². The van der Waals surface area contributed by atoms with Crippen molar-refractivity contribution in [3.63, 3.8) is 0 Å². The molecule has 2 saturated heterocycles. The third kappa shape index (κ3) is 10.0. The lowest BCUT2D eigenvalue weighted by atomic mass is 9.84. The highest BCUT2D eigenvalue weighted by molar-refractivity contribution is 7.10. The predicted molar refractivity (Wildman–Crippen MR) is 254 cm³/mol. The zero-order valence-corrected chi connectivity index (χ0v) is 40.6. The number of esters is 1. The van der Waals surface area contributed by atoms with E-state index in [1.807, 2.05) is 32.2 Å². The number of hydrogen-bond donors (Lipinski definition) is 2. The number of fused-ring (bicyclic) bond motifs is 6. The van der Waals surface area contributed by atoms with E-state index in [1.165, 1.54) is 27.3 Å². The van der Waals surface area contributed by atoms with Gasteiger partial charge >= 0.3 is 12.0 Å². The number of nitrogens with one attached hydrogen (secondary N) is 2. The number of carbonyl (C=O) groups excluding carboxylic acids is 5. The molecule has 0 saturated carbocycles. The van der Waals surface area contributed by atoms with E-state index in [0.717, 1.165) is 44.7 Å². The van der Waals surface area contributed by atoms with Gasteiger partial charge in [0.25, 0.3) is 5.91 Å². The molecule has 17 heteroatoms. The van der Waals surface area contributed by atoms with Gasteiger partial charge in [0, 0.05) is 105 Å². The SMILES string of the molecule is C=CC(=O)N(C)CC1CN(C(=O)N(C)C(C(=O)N[C@H]2Cc3nc(cs3)-c3ccc4c(c3)c(c(-c3cccnc3[C@H](C)OC)n4CC)CC(C)(C)COC(=O)[C@@H]3CCCN(N3)C2=O)C(C)C)C1. The van der Waals surface area contributed by atoms with Crippen LogP contribution in [0.5, 0.6) is 0 Å². The Morgan fingerprint density at radius 2 is 1.91 bits per heavy atom. The Kier molecular flexibility index (Phi) is 14.7. The van der Waals surface area contributed by atoms with E-state index in [4.69, 9.17) is 19.4 Å². The van der Waals surface area contributed by atoms with Crippen molar-refractivity contribution in [2.45, 2.75) is 98.0 Å². The Hall–Kier alpha value is -5.65. The van der Waals surface area contributed by atoms with Crippen LogP contribution in [0.2, 0.25) is 0 Å². The second kappa shape index (κ2) is 20.1. The molecule has 1 aromatic carbocycles. The van der Waals surface area contributed by atoms with Crippen molar-refractivity contribution in [1.29, 1.82) is 0 Å². The number of pyridine rings is 1. The number of carbonyl (C=O) groups is 5. The minimum Gasteiger partial charge on any atom is -0.464 e. The van der Waals surface area contributed by atoms with Gasteiger partial charge in [-0.3, -0.25) is 29.2 Å². The van der Waals surface area contributed by atoms with Gasteiger partial charge in [0.2, 0.25) is 11.8 Å². The molecule has 0 aliphatic carbocycles. The van der Waals surface area contributed by atoms with Gasteiger partial charge in [-0.15, -0.1) is 11.3 Å². The molecule has 354 valence electrons. The van der Waals surface area contributed by atoms with Crippen LogP contribution in [0.3, 0.4) is 0 Å². The van der Waals surface area contributed by atoms with Gasteiger partial charge in [0.05, 0.1) is 34.8 Å². The fraction of sp³-hybridized carbons (Fsp3) is 0.531. The summed E-state index contributed by atoms with van der Waals surface area (Å²) in [5.41, 5.74) is 9.26. The first kappa shape index (κ1) is 48.3. The van der Waals surface area contributed by atoms with Gasteiger partial charge in [0.15, 0.2) is 0 Å². The smallest absolute Gasteiger partial charge is 0.324 e. The molecular weight excluding hydrogens is 859 g/mol. The first-order chi connectivity index (χ1) is 31.4. The molecule has 5 amide bonds. The molecule has 16 nitrogen and oxygen atoms in total. The molecule has 66 heavy (non-hydrogen) atoms. The molecule has 3 aliphatic heterocycles. The number of thiazole rings is 1. The number of likely N-dealkylation sites (tertiary alicyclic amines) is 1. The van der Waals surface area contributed by atoms with Crippen LogP contribution < -0.4 is 10.7 Å². The van der Waals surface area contributed by atoms with E-state index in [1.54, 1.807) is 37.2 Å². The fourth-order valence-corrected chi connectivity index (χ4v) is 10.4. The minimum absolute atomic E-state index is 0.0786. The summed E-state index contributed by atoms with van der Waals surface area (Å²) < 4.78 is 14.2. The van der Waals surface area contributed by atoms with Crippen molar-refractivity contribution in [3.05, 3.63) is 70.8 Å². The number of urea groups is 1. The predicted octanol–water partition coefficient (Wildman–Crippen LogP) is 5.86. The summed E-state index contributed by atoms with van der Waals surface area (Å²) in [5.74, 6) is -1.74. The highest BCUT2D eigenvalue weighted by Crippen LogP contribution is 2.42. The largest absolute Gasteiger partial charge is 0.464 e. The average molecular weight is 924 g/mol. The molecule has 0 radical (unpaired) electrons. The van der Waals surface area contributed by atoms with E-state index in [-0.39, 0.29) is 42.9 Å². The maximum Gasteiger partial charge on any atom is 0.324 e. The van der Waals surface area contributed by atoms with Gasteiger partial charge in [-0.05, 0) is 74.9 Å². The summed E-state index contributed by atoms with van der Waals surface area (Å²) in [7, 11) is 4.99. The van der Waals surface area contributed by atoms with Crippen molar-refractivity contribution in [2.24, 2.45) is 17.3 Å². The standard InChI is InChI=1S/C49H65N9O7S/c1-11-41(59)54(8)24-31-25-56(26-31)48(63)55(9)43(29(3)4)45(60)52-37-22-40-51-38(27-66-40)32-17-18-39-34(21-32)35(44(57(39)12-2)33-15-13-19-50-42(33)30(5)64-10)23-49(6,7)28-65-47(62)36-16-14-20-58(53-36)46(37)61/h11,13,15,17-19,21,27,29-31,36-37,43,53H,1,12,14,16,20,22-26,28H2,2-10H3,(H,52,60)/t30-,36-,37-,43?/m0/s1. The van der Waals surface area contributed by atoms with Crippen molar-refractivity contribution in [3.8, 4) is 22.5 Å². The lowest BCUT2D eigenvalue weighted by Crippen LogP contribution is -2.63. The first-order valence-corrected chi connectivity index (χ1v) is 23.8. The van der Waals surface area contributed by atoms with E-state index in [9.17, 15) is 24.0 Å². The Balaban J connectivity index is 1.23. The number of likely N-dealkylation sites (N-methyl/N-ethyl adjacent to an activating group) is 2. The van der Waals surface area contributed by atoms with Crippen molar-refractivity contribution in [1.82, 2.24) is 45.0 Å². The van der Waals surface area contributed by atoms with Crippen LogP contribution in [0.25, 0.3) is 33.4 Å². The van der Waals surface area contributed by atoms with E-state index in [0.29, 0.717) is 57.0 Å². The highest BCUT2D eigenvalue weighted by atomic mass is 32.1. The third-order valence-electron chi connectivity index (χ3n) is 13.1. The van der Waals surface area contributed by atoms with Crippen LogP contribution in [0.4, 0.5) is 4.79 Å². The van der Waals surface area contributed by atoms with Crippen molar-refractivity contribution >= 4 is 52.0 Å². The maximum absolute atomic E-state index is 14.6. The zero-order chi connectivity index (χ0) is 47.6. The van der Waals surface area contributed by atoms with Gasteiger partial charge in [-0.1, -0.05) is 40.3 Å². The van der Waals surface area contributed by atoms with Crippen LogP contribution in [0.15, 0.2) is 54.6 Å². The molecule has 2 N–H and O–H groups in total. The second-order valence-corrected chi connectivity index (χ2v) is 20.0. The van der Waals surface area contributed by atoms with E-state index in [2.05, 4.69) is 66.9 Å². The number of hydrogen-bond acceptors (Lipinski definition) is 11. The second-order valence-electron chi connectivity index (χ2n) is 19.0. The van der Waals surface area contributed by atoms with Crippen molar-refractivity contribution < 1.29 is 33.4 Å². The number of benzene rings is 1. The number of nitrogens with zero attached hydrogens (tertiary/aromatic N) is 7. The normalized spacial score (nSPS) is 20.0. The molecule has 3 aromatic heterocycles. The van der Waals surface area contributed by atoms with Gasteiger partial charge in [0.1, 0.15) is 18.1 Å². The summed E-state index contributed by atoms with van der Waals surface area (Å²) in [4.78, 5) is 83.3. The molecule has 2 fully saturated rings. The molecule has 1 unspecified atom stereocenters. The van der Waals surface area contributed by atoms with Crippen molar-refractivity contribution in [2.75, 3.05) is 54.0 Å². The van der Waals surface area contributed by atoms with Crippen LogP contribution in [-0.2, 0) is 48.0 Å². The number of hydrazine groups is 1. The van der Waals surface area contributed by atoms with Crippen LogP contribution in [0, 0.1) is 17.3 Å². The molecule has 3 aliphatic rings. The topological polar surface area (TPSA) is 172 Å². The molecular formula is C49H65N9O7S. The van der Waals surface area contributed by atoms with Crippen LogP contribution >= 0.6 is 11.3 Å². The Morgan fingerprint density at radius 1 is 1.15 bits per heavy atom. The van der Waals surface area contributed by atoms with E-state index >= 15 is 0 Å². The van der Waals surface area contributed by atoms with Gasteiger partial charge < -0.3 is 34.1 Å². The fourth-order valence-electron chi connectivity index (χ4n) is 9.56. The number of ether oxygens (including phenoxy) is 2. The number of cyclic esters (lactones) is 1. The summed E-state index contributed by atoms with van der Waals surface area (Å²) in [6, 6.07) is 7.32. The highest BCUT2D eigenvalue weighted by Gasteiger charge is 2.41. The number of rotatable bonds is 11. The Bertz CT molecular complexity index is 2470. The molecule has 6 bridgehead atoms. The average Bonchev–Trinajstić information content (AvgIpc) is 3.88. The summed E-state index contributed by atoms with van der Waals surface area (Å²) in [6.45, 7) is 18.1. The summed E-state index contributed by atoms with van der Waals surface area (Å²) in [5, 5.41) is 8.10. The molecule has 0 spiro atoms. The molecule has 6 heterocycles. The summed E-state index contributed by atoms with van der Waals surface area (Å²) >= 11 is 1.41. The lowest BCUT2D eigenvalue weighted by molar-refractivity contribution is -0.155. The first-order valence-electron chi connectivity index (χ1n) is 23.0. The van der Waals surface area contributed by atoms with Gasteiger partial charge in [-0.25, -0.2) is 15.2 Å². The number of aryl methyl sites for hydroxylation is 1. The Labute approximate surface area is 391 Å². The number of aromatic nitrogens is 3. The van der Waals surface area contributed by atoms with Gasteiger partial charge in [-0.2, -0.15) is 0 Å². The quantitative estimate of drug-likeness (QED) is 0.137. The Morgan fingerprint density at radius 3 is 2.61 bits per heavy atom. The van der Waals surface area contributed by atoms with Crippen LogP contribution in [0.1, 0.15) is 76.8 Å². The number of methoxy groups -OCH3 is 1. The summed E-state index contributed by atoms with van der Waals surface area (Å²) in [6.07, 6.45) is 4.46. The van der Waals surface area contributed by atoms with Crippen LogP contribution in [-0.4, -0.2) is 136 Å². The minimum atomic E-state index is -1.08. The molecule has 4 aromatic rings. The third-order valence-corrected chi connectivity index (χ3v) is 14.0. The lowest BCUT2D eigenvalue weighted by Gasteiger charge is -2.44. The monoisotopic (exact) mass is 923 g/mol. The zero-order valence-electron chi connectivity index (χ0n) is 39.8. The molecule has 7 rings (SSSR count). The number of amides is 5.